The third kappa shape index (κ3) is 3.23. The number of hydrogen-bond acceptors (Lipinski definition) is 3. The van der Waals surface area contributed by atoms with E-state index in [4.69, 9.17) is 10.8 Å². The molecule has 0 heterocycles. The van der Waals surface area contributed by atoms with Crippen LogP contribution >= 0.6 is 0 Å². The molecule has 3 nitrogen and oxygen atoms in total. The zero-order valence-electron chi connectivity index (χ0n) is 9.21. The average Bonchev–Trinajstić information content (AvgIpc) is 2.26. The molecule has 1 rings (SSSR count). The normalized spacial score (nSPS) is 30.2. The zero-order chi connectivity index (χ0) is 10.4. The fourth-order valence-electron chi connectivity index (χ4n) is 2.31. The molecule has 1 saturated carbocycles. The molecule has 14 heavy (non-hydrogen) atoms. The van der Waals surface area contributed by atoms with Gasteiger partial charge < -0.3 is 16.2 Å². The summed E-state index contributed by atoms with van der Waals surface area (Å²) in [6.07, 6.45) is 6.07. The highest BCUT2D eigenvalue weighted by Gasteiger charge is 2.25. The van der Waals surface area contributed by atoms with Crippen LogP contribution in [0.1, 0.15) is 39.0 Å². The van der Waals surface area contributed by atoms with Crippen LogP contribution in [-0.2, 0) is 0 Å². The molecule has 0 amide bonds. The van der Waals surface area contributed by atoms with E-state index < -0.39 is 0 Å². The van der Waals surface area contributed by atoms with Gasteiger partial charge in [0.2, 0.25) is 0 Å². The summed E-state index contributed by atoms with van der Waals surface area (Å²) in [5, 5.41) is 12.6. The quantitative estimate of drug-likeness (QED) is 0.617. The molecule has 0 bridgehead atoms. The van der Waals surface area contributed by atoms with E-state index in [0.29, 0.717) is 12.0 Å². The van der Waals surface area contributed by atoms with E-state index in [9.17, 15) is 0 Å². The van der Waals surface area contributed by atoms with Gasteiger partial charge in [-0.15, -0.1) is 0 Å². The van der Waals surface area contributed by atoms with E-state index in [1.54, 1.807) is 0 Å². The molecular formula is C11H24N2O. The minimum Gasteiger partial charge on any atom is -0.395 e. The van der Waals surface area contributed by atoms with Crippen molar-refractivity contribution < 1.29 is 5.11 Å². The molecular weight excluding hydrogens is 176 g/mol. The van der Waals surface area contributed by atoms with Crippen LogP contribution in [0.3, 0.4) is 0 Å². The SMILES string of the molecule is CC[C@@H](CO)NC1CCCCC1CN. The second-order valence-corrected chi connectivity index (χ2v) is 4.34. The summed E-state index contributed by atoms with van der Waals surface area (Å²) in [6.45, 7) is 3.12. The lowest BCUT2D eigenvalue weighted by Crippen LogP contribution is -2.47. The molecule has 1 fully saturated rings. The van der Waals surface area contributed by atoms with Crippen molar-refractivity contribution in [1.82, 2.24) is 5.32 Å². The Balaban J connectivity index is 2.39. The Labute approximate surface area is 87.1 Å². The van der Waals surface area contributed by atoms with Crippen molar-refractivity contribution in [2.24, 2.45) is 11.7 Å². The van der Waals surface area contributed by atoms with Crippen molar-refractivity contribution in [3.63, 3.8) is 0 Å². The third-order valence-corrected chi connectivity index (χ3v) is 3.37. The van der Waals surface area contributed by atoms with Gasteiger partial charge in [0.25, 0.3) is 0 Å². The van der Waals surface area contributed by atoms with E-state index >= 15 is 0 Å². The molecule has 0 aromatic rings. The second kappa shape index (κ2) is 6.38. The second-order valence-electron chi connectivity index (χ2n) is 4.34. The first-order valence-electron chi connectivity index (χ1n) is 5.88. The number of rotatable bonds is 5. The number of aliphatic hydroxyl groups is 1. The molecule has 2 unspecified atom stereocenters. The van der Waals surface area contributed by atoms with Gasteiger partial charge in [-0.3, -0.25) is 0 Å². The number of hydrogen-bond donors (Lipinski definition) is 3. The Morgan fingerprint density at radius 2 is 2.14 bits per heavy atom. The topological polar surface area (TPSA) is 58.3 Å². The largest absolute Gasteiger partial charge is 0.395 e. The first-order valence-corrected chi connectivity index (χ1v) is 5.88. The third-order valence-electron chi connectivity index (χ3n) is 3.37. The molecule has 0 radical (unpaired) electrons. The monoisotopic (exact) mass is 200 g/mol. The Hall–Kier alpha value is -0.120. The summed E-state index contributed by atoms with van der Waals surface area (Å²) in [5.41, 5.74) is 5.75. The number of aliphatic hydroxyl groups excluding tert-OH is 1. The molecule has 84 valence electrons. The summed E-state index contributed by atoms with van der Waals surface area (Å²) in [6, 6.07) is 0.790. The van der Waals surface area contributed by atoms with Gasteiger partial charge in [0.1, 0.15) is 0 Å². The molecule has 3 atom stereocenters. The van der Waals surface area contributed by atoms with E-state index in [0.717, 1.165) is 13.0 Å². The number of nitrogens with one attached hydrogen (secondary N) is 1. The minimum atomic E-state index is 0.240. The van der Waals surface area contributed by atoms with Crippen LogP contribution in [0.4, 0.5) is 0 Å². The van der Waals surface area contributed by atoms with Crippen LogP contribution in [0, 0.1) is 5.92 Å². The summed E-state index contributed by atoms with van der Waals surface area (Å²) in [7, 11) is 0. The summed E-state index contributed by atoms with van der Waals surface area (Å²) in [4.78, 5) is 0. The van der Waals surface area contributed by atoms with Gasteiger partial charge in [-0.05, 0) is 31.7 Å². The Morgan fingerprint density at radius 3 is 2.71 bits per heavy atom. The lowest BCUT2D eigenvalue weighted by molar-refractivity contribution is 0.189. The van der Waals surface area contributed by atoms with Crippen molar-refractivity contribution in [1.29, 1.82) is 0 Å². The average molecular weight is 200 g/mol. The highest BCUT2D eigenvalue weighted by Crippen LogP contribution is 2.23. The van der Waals surface area contributed by atoms with Gasteiger partial charge >= 0.3 is 0 Å². The predicted molar refractivity (Wildman–Crippen MR) is 59.1 cm³/mol. The van der Waals surface area contributed by atoms with E-state index in [-0.39, 0.29) is 12.6 Å². The molecule has 0 aromatic heterocycles. The van der Waals surface area contributed by atoms with Crippen LogP contribution < -0.4 is 11.1 Å². The first-order chi connectivity index (χ1) is 6.81. The van der Waals surface area contributed by atoms with Crippen LogP contribution in [-0.4, -0.2) is 30.3 Å². The standard InChI is InChI=1S/C11H24N2O/c1-2-10(8-14)13-11-6-4-3-5-9(11)7-12/h9-11,13-14H,2-8,12H2,1H3/t9?,10-,11?/m0/s1. The van der Waals surface area contributed by atoms with E-state index in [1.165, 1.54) is 25.7 Å². The minimum absolute atomic E-state index is 0.240. The smallest absolute Gasteiger partial charge is 0.0584 e. The molecule has 0 saturated heterocycles. The van der Waals surface area contributed by atoms with Gasteiger partial charge in [0.05, 0.1) is 6.61 Å². The maximum Gasteiger partial charge on any atom is 0.0584 e. The molecule has 3 heteroatoms. The number of nitrogens with two attached hydrogens (primary N) is 1. The van der Waals surface area contributed by atoms with Crippen molar-refractivity contribution in [3.8, 4) is 0 Å². The van der Waals surface area contributed by atoms with Crippen LogP contribution in [0.15, 0.2) is 0 Å². The molecule has 4 N–H and O–H groups in total. The predicted octanol–water partition coefficient (Wildman–Crippen LogP) is 0.864. The lowest BCUT2D eigenvalue weighted by Gasteiger charge is -2.34. The maximum absolute atomic E-state index is 9.12. The van der Waals surface area contributed by atoms with Crippen LogP contribution in [0.25, 0.3) is 0 Å². The fourth-order valence-corrected chi connectivity index (χ4v) is 2.31. The van der Waals surface area contributed by atoms with Crippen LogP contribution in [0.5, 0.6) is 0 Å². The van der Waals surface area contributed by atoms with Crippen LogP contribution in [0.2, 0.25) is 0 Å². The molecule has 1 aliphatic carbocycles. The fraction of sp³-hybridized carbons (Fsp3) is 1.00. The van der Waals surface area contributed by atoms with Crippen molar-refractivity contribution in [2.45, 2.75) is 51.1 Å². The van der Waals surface area contributed by atoms with E-state index in [1.807, 2.05) is 0 Å². The van der Waals surface area contributed by atoms with Gasteiger partial charge in [0.15, 0.2) is 0 Å². The molecule has 0 aromatic carbocycles. The maximum atomic E-state index is 9.12. The zero-order valence-corrected chi connectivity index (χ0v) is 9.21. The molecule has 0 aliphatic heterocycles. The van der Waals surface area contributed by atoms with E-state index in [2.05, 4.69) is 12.2 Å². The summed E-state index contributed by atoms with van der Waals surface area (Å²) < 4.78 is 0. The lowest BCUT2D eigenvalue weighted by atomic mass is 9.84. The van der Waals surface area contributed by atoms with Gasteiger partial charge in [-0.25, -0.2) is 0 Å². The van der Waals surface area contributed by atoms with Gasteiger partial charge in [0, 0.05) is 12.1 Å². The molecule has 0 spiro atoms. The highest BCUT2D eigenvalue weighted by atomic mass is 16.3. The summed E-state index contributed by atoms with van der Waals surface area (Å²) >= 11 is 0. The van der Waals surface area contributed by atoms with Crippen molar-refractivity contribution >= 4 is 0 Å². The summed E-state index contributed by atoms with van der Waals surface area (Å²) in [5.74, 6) is 0.615. The van der Waals surface area contributed by atoms with Gasteiger partial charge in [-0.2, -0.15) is 0 Å². The van der Waals surface area contributed by atoms with Crippen molar-refractivity contribution in [3.05, 3.63) is 0 Å². The molecule has 1 aliphatic rings. The van der Waals surface area contributed by atoms with Gasteiger partial charge in [-0.1, -0.05) is 19.8 Å². The highest BCUT2D eigenvalue weighted by molar-refractivity contribution is 4.83. The Bertz CT molecular complexity index is 148. The first kappa shape index (κ1) is 12.0. The Morgan fingerprint density at radius 1 is 1.43 bits per heavy atom. The Kier molecular flexibility index (Phi) is 5.45. The van der Waals surface area contributed by atoms with Crippen molar-refractivity contribution in [2.75, 3.05) is 13.2 Å².